The van der Waals surface area contributed by atoms with Crippen LogP contribution in [0.4, 0.5) is 0 Å². The van der Waals surface area contributed by atoms with Gasteiger partial charge in [-0.25, -0.2) is 0 Å². The van der Waals surface area contributed by atoms with Gasteiger partial charge in [0.25, 0.3) is 5.91 Å². The highest BCUT2D eigenvalue weighted by molar-refractivity contribution is 14.1. The summed E-state index contributed by atoms with van der Waals surface area (Å²) in [4.78, 5) is 12.2. The molecule has 1 saturated carbocycles. The van der Waals surface area contributed by atoms with Gasteiger partial charge < -0.3 is 15.8 Å². The Hall–Kier alpha value is -0.530. The molecule has 0 heterocycles. The number of hydrogen-bond donors (Lipinski definition) is 2. The molecule has 19 heavy (non-hydrogen) atoms. The van der Waals surface area contributed by atoms with Gasteiger partial charge in [-0.1, -0.05) is 0 Å². The summed E-state index contributed by atoms with van der Waals surface area (Å²) in [6.07, 6.45) is 2.34. The number of rotatable bonds is 5. The third kappa shape index (κ3) is 4.22. The summed E-state index contributed by atoms with van der Waals surface area (Å²) in [6, 6.07) is 5.54. The summed E-state index contributed by atoms with van der Waals surface area (Å²) in [7, 11) is 1.61. The van der Waals surface area contributed by atoms with Crippen LogP contribution in [0.3, 0.4) is 0 Å². The Morgan fingerprint density at radius 1 is 1.58 bits per heavy atom. The Kier molecular flexibility index (Phi) is 6.35. The smallest absolute Gasteiger partial charge is 0.252 e. The first-order valence-corrected chi connectivity index (χ1v) is 7.08. The van der Waals surface area contributed by atoms with Crippen LogP contribution in [-0.4, -0.2) is 25.6 Å². The van der Waals surface area contributed by atoms with Crippen molar-refractivity contribution < 1.29 is 9.53 Å². The second kappa shape index (κ2) is 7.31. The quantitative estimate of drug-likeness (QED) is 0.750. The van der Waals surface area contributed by atoms with Crippen molar-refractivity contribution >= 4 is 40.9 Å². The molecule has 0 aromatic heterocycles. The number of hydrogen-bond acceptors (Lipinski definition) is 3. The van der Waals surface area contributed by atoms with Crippen molar-refractivity contribution in [3.05, 3.63) is 27.3 Å². The molecular formula is C13H18ClIN2O2. The number of carbonyl (C=O) groups is 1. The molecule has 1 fully saturated rings. The van der Waals surface area contributed by atoms with Gasteiger partial charge in [-0.15, -0.1) is 12.4 Å². The molecule has 3 N–H and O–H groups in total. The molecule has 0 saturated heterocycles. The highest BCUT2D eigenvalue weighted by Crippen LogP contribution is 2.32. The van der Waals surface area contributed by atoms with Gasteiger partial charge >= 0.3 is 0 Å². The second-order valence-electron chi connectivity index (χ2n) is 4.50. The molecule has 1 aromatic rings. The zero-order valence-corrected chi connectivity index (χ0v) is 13.7. The average Bonchev–Trinajstić information content (AvgIpc) is 3.19. The minimum Gasteiger partial charge on any atom is -0.497 e. The number of methoxy groups -OCH3 is 1. The van der Waals surface area contributed by atoms with Crippen molar-refractivity contribution in [2.75, 3.05) is 13.7 Å². The van der Waals surface area contributed by atoms with Crippen molar-refractivity contribution in [2.24, 2.45) is 11.7 Å². The van der Waals surface area contributed by atoms with Gasteiger partial charge in [0.15, 0.2) is 0 Å². The number of carbonyl (C=O) groups excluding carboxylic acids is 1. The second-order valence-corrected chi connectivity index (χ2v) is 5.66. The summed E-state index contributed by atoms with van der Waals surface area (Å²) in [5.41, 5.74) is 6.36. The van der Waals surface area contributed by atoms with Gasteiger partial charge in [0.1, 0.15) is 5.75 Å². The van der Waals surface area contributed by atoms with Crippen molar-refractivity contribution in [1.29, 1.82) is 0 Å². The highest BCUT2D eigenvalue weighted by atomic mass is 127. The third-order valence-electron chi connectivity index (χ3n) is 3.18. The molecule has 1 atom stereocenters. The molecule has 1 aromatic carbocycles. The Bertz CT molecular complexity index is 452. The minimum atomic E-state index is -0.0515. The zero-order valence-electron chi connectivity index (χ0n) is 10.7. The van der Waals surface area contributed by atoms with Crippen molar-refractivity contribution in [3.63, 3.8) is 0 Å². The van der Waals surface area contributed by atoms with E-state index in [1.165, 1.54) is 12.8 Å². The van der Waals surface area contributed by atoms with Gasteiger partial charge in [0, 0.05) is 16.2 Å². The maximum atomic E-state index is 12.2. The maximum Gasteiger partial charge on any atom is 0.252 e. The molecule has 0 bridgehead atoms. The molecule has 2 rings (SSSR count). The molecule has 4 nitrogen and oxygen atoms in total. The number of amides is 1. The Morgan fingerprint density at radius 2 is 2.26 bits per heavy atom. The van der Waals surface area contributed by atoms with E-state index >= 15 is 0 Å². The monoisotopic (exact) mass is 396 g/mol. The molecule has 1 amide bonds. The lowest BCUT2D eigenvalue weighted by Gasteiger charge is -2.16. The summed E-state index contributed by atoms with van der Waals surface area (Å²) >= 11 is 2.14. The van der Waals surface area contributed by atoms with Crippen molar-refractivity contribution in [3.8, 4) is 5.75 Å². The lowest BCUT2D eigenvalue weighted by Crippen LogP contribution is -2.41. The van der Waals surface area contributed by atoms with Gasteiger partial charge in [-0.2, -0.15) is 0 Å². The zero-order chi connectivity index (χ0) is 13.1. The SMILES string of the molecule is COc1ccc(C(=O)NC(CN)C2CC2)c(I)c1.Cl. The lowest BCUT2D eigenvalue weighted by molar-refractivity contribution is 0.0932. The molecule has 6 heteroatoms. The van der Waals surface area contributed by atoms with Gasteiger partial charge in [-0.05, 0) is 59.5 Å². The van der Waals surface area contributed by atoms with E-state index in [0.29, 0.717) is 18.0 Å². The molecule has 1 aliphatic rings. The summed E-state index contributed by atoms with van der Waals surface area (Å²) < 4.78 is 6.01. The first-order chi connectivity index (χ1) is 8.65. The number of nitrogens with one attached hydrogen (secondary N) is 1. The van der Waals surface area contributed by atoms with Crippen LogP contribution in [0.25, 0.3) is 0 Å². The van der Waals surface area contributed by atoms with E-state index in [1.54, 1.807) is 19.2 Å². The fraction of sp³-hybridized carbons (Fsp3) is 0.462. The van der Waals surface area contributed by atoms with Crippen LogP contribution in [0.15, 0.2) is 18.2 Å². The summed E-state index contributed by atoms with van der Waals surface area (Å²) in [6.45, 7) is 0.503. The average molecular weight is 397 g/mol. The molecule has 0 radical (unpaired) electrons. The predicted octanol–water partition coefficient (Wildman–Crippen LogP) is 2.19. The van der Waals surface area contributed by atoms with E-state index in [-0.39, 0.29) is 24.4 Å². The third-order valence-corrected chi connectivity index (χ3v) is 4.07. The van der Waals surface area contributed by atoms with E-state index in [9.17, 15) is 4.79 Å². The van der Waals surface area contributed by atoms with Crippen LogP contribution in [0.5, 0.6) is 5.75 Å². The molecule has 0 spiro atoms. The van der Waals surface area contributed by atoms with Crippen LogP contribution in [-0.2, 0) is 0 Å². The molecule has 0 aliphatic heterocycles. The molecule has 1 unspecified atom stereocenters. The normalized spacial score (nSPS) is 15.3. The fourth-order valence-electron chi connectivity index (χ4n) is 1.92. The van der Waals surface area contributed by atoms with Crippen LogP contribution in [0, 0.1) is 9.49 Å². The van der Waals surface area contributed by atoms with Crippen LogP contribution >= 0.6 is 35.0 Å². The first kappa shape index (κ1) is 16.5. The minimum absolute atomic E-state index is 0. The lowest BCUT2D eigenvalue weighted by atomic mass is 10.1. The largest absolute Gasteiger partial charge is 0.497 e. The summed E-state index contributed by atoms with van der Waals surface area (Å²) in [5.74, 6) is 1.27. The Labute approximate surface area is 133 Å². The van der Waals surface area contributed by atoms with Crippen LogP contribution in [0.2, 0.25) is 0 Å². The Morgan fingerprint density at radius 3 is 2.74 bits per heavy atom. The molecular weight excluding hydrogens is 379 g/mol. The number of halogens is 2. The standard InChI is InChI=1S/C13H17IN2O2.ClH/c1-18-9-4-5-10(11(14)6-9)13(17)16-12(7-15)8-2-3-8;/h4-6,8,12H,2-3,7,15H2,1H3,(H,16,17);1H. The highest BCUT2D eigenvalue weighted by Gasteiger charge is 2.31. The predicted molar refractivity (Wildman–Crippen MR) is 86.0 cm³/mol. The van der Waals surface area contributed by atoms with Gasteiger partial charge in [0.05, 0.1) is 12.7 Å². The number of benzene rings is 1. The summed E-state index contributed by atoms with van der Waals surface area (Å²) in [5, 5.41) is 3.01. The van der Waals surface area contributed by atoms with E-state index in [2.05, 4.69) is 27.9 Å². The van der Waals surface area contributed by atoms with Gasteiger partial charge in [-0.3, -0.25) is 4.79 Å². The van der Waals surface area contributed by atoms with Crippen molar-refractivity contribution in [2.45, 2.75) is 18.9 Å². The number of nitrogens with two attached hydrogens (primary N) is 1. The first-order valence-electron chi connectivity index (χ1n) is 6.00. The van der Waals surface area contributed by atoms with E-state index in [4.69, 9.17) is 10.5 Å². The van der Waals surface area contributed by atoms with Crippen molar-refractivity contribution in [1.82, 2.24) is 5.32 Å². The van der Waals surface area contributed by atoms with E-state index in [0.717, 1.165) is 9.32 Å². The van der Waals surface area contributed by atoms with E-state index < -0.39 is 0 Å². The topological polar surface area (TPSA) is 64.3 Å². The van der Waals surface area contributed by atoms with Gasteiger partial charge in [0.2, 0.25) is 0 Å². The molecule has 1 aliphatic carbocycles. The van der Waals surface area contributed by atoms with Crippen LogP contribution in [0.1, 0.15) is 23.2 Å². The van der Waals surface area contributed by atoms with Crippen LogP contribution < -0.4 is 15.8 Å². The molecule has 106 valence electrons. The van der Waals surface area contributed by atoms with E-state index in [1.807, 2.05) is 6.07 Å². The maximum absolute atomic E-state index is 12.2. The Balaban J connectivity index is 0.00000180. The number of ether oxygens (including phenoxy) is 1. The fourth-order valence-corrected chi connectivity index (χ4v) is 2.65.